The van der Waals surface area contributed by atoms with Crippen molar-refractivity contribution in [1.29, 1.82) is 0 Å². The highest BCUT2D eigenvalue weighted by Gasteiger charge is 2.04. The van der Waals surface area contributed by atoms with Crippen molar-refractivity contribution in [2.45, 2.75) is 0 Å². The van der Waals surface area contributed by atoms with Gasteiger partial charge in [0.1, 0.15) is 5.82 Å². The lowest BCUT2D eigenvalue weighted by atomic mass is 10.2. The van der Waals surface area contributed by atoms with E-state index in [1.54, 1.807) is 30.3 Å². The van der Waals surface area contributed by atoms with Gasteiger partial charge in [-0.1, -0.05) is 30.3 Å². The second-order valence-electron chi connectivity index (χ2n) is 3.87. The van der Waals surface area contributed by atoms with Crippen LogP contribution in [0.15, 0.2) is 60.0 Å². The maximum Gasteiger partial charge on any atom is 0.255 e. The second-order valence-corrected chi connectivity index (χ2v) is 5.43. The minimum absolute atomic E-state index is 0.359. The molecule has 98 valence electrons. The molecule has 1 N–H and O–H groups in total. The van der Waals surface area contributed by atoms with Crippen molar-refractivity contribution in [2.24, 2.45) is 0 Å². The average molecular weight is 277 g/mol. The van der Waals surface area contributed by atoms with Crippen LogP contribution < -0.4 is 4.72 Å². The molecule has 0 aliphatic heterocycles. The van der Waals surface area contributed by atoms with Crippen LogP contribution in [0.3, 0.4) is 0 Å². The Kier molecular flexibility index (Phi) is 3.97. The van der Waals surface area contributed by atoms with Gasteiger partial charge in [0.05, 0.1) is 5.41 Å². The Morgan fingerprint density at radius 2 is 1.58 bits per heavy atom. The molecule has 0 saturated carbocycles. The summed E-state index contributed by atoms with van der Waals surface area (Å²) >= 11 is 0. The summed E-state index contributed by atoms with van der Waals surface area (Å²) in [5.74, 6) is -0.359. The Morgan fingerprint density at radius 1 is 0.947 bits per heavy atom. The van der Waals surface area contributed by atoms with Gasteiger partial charge in [-0.15, -0.1) is 0 Å². The fraction of sp³-hybridized carbons (Fsp3) is 0. The first-order valence-corrected chi connectivity index (χ1v) is 7.11. The average Bonchev–Trinajstić information content (AvgIpc) is 2.39. The van der Waals surface area contributed by atoms with Gasteiger partial charge < -0.3 is 0 Å². The van der Waals surface area contributed by atoms with E-state index in [-0.39, 0.29) is 5.82 Å². The maximum absolute atomic E-state index is 12.7. The molecule has 0 fully saturated rings. The molecule has 0 bridgehead atoms. The zero-order valence-corrected chi connectivity index (χ0v) is 10.8. The van der Waals surface area contributed by atoms with Crippen molar-refractivity contribution in [1.82, 2.24) is 0 Å². The Morgan fingerprint density at radius 3 is 2.21 bits per heavy atom. The van der Waals surface area contributed by atoms with E-state index in [0.29, 0.717) is 11.3 Å². The summed E-state index contributed by atoms with van der Waals surface area (Å²) in [6, 6.07) is 14.1. The predicted octanol–water partition coefficient (Wildman–Crippen LogP) is 3.24. The fourth-order valence-corrected chi connectivity index (χ4v) is 2.32. The molecule has 0 heterocycles. The molecule has 5 heteroatoms. The topological polar surface area (TPSA) is 46.2 Å². The Bertz CT molecular complexity index is 664. The summed E-state index contributed by atoms with van der Waals surface area (Å²) < 4.78 is 38.6. The van der Waals surface area contributed by atoms with Crippen LogP contribution in [0.2, 0.25) is 0 Å². The lowest BCUT2D eigenvalue weighted by molar-refractivity contribution is 0.609. The first-order valence-electron chi connectivity index (χ1n) is 5.57. The third-order valence-corrected chi connectivity index (χ3v) is 3.36. The molecule has 0 aromatic heterocycles. The van der Waals surface area contributed by atoms with Gasteiger partial charge in [0.15, 0.2) is 0 Å². The molecule has 0 aliphatic rings. The van der Waals surface area contributed by atoms with Gasteiger partial charge in [-0.25, -0.2) is 12.8 Å². The van der Waals surface area contributed by atoms with Crippen LogP contribution in [0.5, 0.6) is 0 Å². The Balaban J connectivity index is 2.11. The van der Waals surface area contributed by atoms with Crippen molar-refractivity contribution < 1.29 is 12.8 Å². The lowest BCUT2D eigenvalue weighted by Gasteiger charge is -2.03. The summed E-state index contributed by atoms with van der Waals surface area (Å²) in [7, 11) is -3.57. The summed E-state index contributed by atoms with van der Waals surface area (Å²) in [5.41, 5.74) is 1.10. The molecule has 2 aromatic carbocycles. The number of anilines is 1. The summed E-state index contributed by atoms with van der Waals surface area (Å²) in [6.45, 7) is 0. The quantitative estimate of drug-likeness (QED) is 0.932. The van der Waals surface area contributed by atoms with Crippen molar-refractivity contribution in [3.05, 3.63) is 71.4 Å². The number of hydrogen-bond acceptors (Lipinski definition) is 2. The van der Waals surface area contributed by atoms with Crippen LogP contribution in [0.4, 0.5) is 10.1 Å². The SMILES string of the molecule is O=S(=O)(/C=C/c1ccc(F)cc1)Nc1ccccc1. The van der Waals surface area contributed by atoms with E-state index in [1.165, 1.54) is 30.3 Å². The predicted molar refractivity (Wildman–Crippen MR) is 74.4 cm³/mol. The smallest absolute Gasteiger partial charge is 0.255 e. The molecule has 2 aromatic rings. The number of nitrogens with one attached hydrogen (secondary N) is 1. The van der Waals surface area contributed by atoms with Gasteiger partial charge in [0, 0.05) is 5.69 Å². The second kappa shape index (κ2) is 5.67. The van der Waals surface area contributed by atoms with Crippen LogP contribution in [-0.4, -0.2) is 8.42 Å². The van der Waals surface area contributed by atoms with Crippen LogP contribution in [0.25, 0.3) is 6.08 Å². The number of benzene rings is 2. The largest absolute Gasteiger partial charge is 0.280 e. The summed E-state index contributed by atoms with van der Waals surface area (Å²) in [5, 5.41) is 1.05. The minimum atomic E-state index is -3.57. The molecular weight excluding hydrogens is 265 g/mol. The van der Waals surface area contributed by atoms with Gasteiger partial charge in [-0.2, -0.15) is 0 Å². The molecule has 0 aliphatic carbocycles. The molecular formula is C14H12FNO2S. The normalized spacial score (nSPS) is 11.6. The molecule has 2 rings (SSSR count). The number of hydrogen-bond donors (Lipinski definition) is 1. The van der Waals surface area contributed by atoms with Crippen molar-refractivity contribution in [3.63, 3.8) is 0 Å². The monoisotopic (exact) mass is 277 g/mol. The van der Waals surface area contributed by atoms with E-state index in [1.807, 2.05) is 0 Å². The molecule has 0 saturated heterocycles. The summed E-state index contributed by atoms with van der Waals surface area (Å²) in [4.78, 5) is 0. The maximum atomic E-state index is 12.7. The van der Waals surface area contributed by atoms with Gasteiger partial charge in [-0.05, 0) is 35.9 Å². The van der Waals surface area contributed by atoms with Crippen LogP contribution >= 0.6 is 0 Å². The fourth-order valence-electron chi connectivity index (χ4n) is 1.45. The lowest BCUT2D eigenvalue weighted by Crippen LogP contribution is -2.08. The molecule has 0 amide bonds. The highest BCUT2D eigenvalue weighted by atomic mass is 32.2. The van der Waals surface area contributed by atoms with Crippen LogP contribution in [0.1, 0.15) is 5.56 Å². The first-order chi connectivity index (χ1) is 9.05. The third kappa shape index (κ3) is 4.22. The van der Waals surface area contributed by atoms with E-state index < -0.39 is 10.0 Å². The molecule has 0 spiro atoms. The molecule has 0 unspecified atom stereocenters. The number of rotatable bonds is 4. The van der Waals surface area contributed by atoms with Gasteiger partial charge in [0.2, 0.25) is 0 Å². The van der Waals surface area contributed by atoms with Crippen LogP contribution in [-0.2, 0) is 10.0 Å². The van der Waals surface area contributed by atoms with Crippen molar-refractivity contribution in [3.8, 4) is 0 Å². The number of para-hydroxylation sites is 1. The third-order valence-electron chi connectivity index (χ3n) is 2.34. The van der Waals surface area contributed by atoms with E-state index in [4.69, 9.17) is 0 Å². The zero-order chi connectivity index (χ0) is 13.7. The van der Waals surface area contributed by atoms with Gasteiger partial charge in [-0.3, -0.25) is 4.72 Å². The molecule has 3 nitrogen and oxygen atoms in total. The van der Waals surface area contributed by atoms with Crippen molar-refractivity contribution >= 4 is 21.8 Å². The number of halogens is 1. The van der Waals surface area contributed by atoms with E-state index >= 15 is 0 Å². The highest BCUT2D eigenvalue weighted by Crippen LogP contribution is 2.10. The van der Waals surface area contributed by atoms with Crippen LogP contribution in [0, 0.1) is 5.82 Å². The first kappa shape index (κ1) is 13.3. The molecule has 19 heavy (non-hydrogen) atoms. The van der Waals surface area contributed by atoms with E-state index in [9.17, 15) is 12.8 Å². The minimum Gasteiger partial charge on any atom is -0.280 e. The highest BCUT2D eigenvalue weighted by molar-refractivity contribution is 7.95. The summed E-state index contributed by atoms with van der Waals surface area (Å²) in [6.07, 6.45) is 1.41. The Labute approximate surface area is 111 Å². The molecule has 0 atom stereocenters. The molecule has 0 radical (unpaired) electrons. The van der Waals surface area contributed by atoms with Crippen molar-refractivity contribution in [2.75, 3.05) is 4.72 Å². The van der Waals surface area contributed by atoms with E-state index in [2.05, 4.69) is 4.72 Å². The zero-order valence-electron chi connectivity index (χ0n) is 9.95. The van der Waals surface area contributed by atoms with Gasteiger partial charge in [0.25, 0.3) is 10.0 Å². The number of sulfonamides is 1. The Hall–Kier alpha value is -2.14. The van der Waals surface area contributed by atoms with Gasteiger partial charge >= 0.3 is 0 Å². The standard InChI is InChI=1S/C14H12FNO2S/c15-13-8-6-12(7-9-13)10-11-19(17,18)16-14-4-2-1-3-5-14/h1-11,16H/b11-10+. The van der Waals surface area contributed by atoms with E-state index in [0.717, 1.165) is 5.41 Å².